The molecule has 0 saturated carbocycles. The van der Waals surface area contributed by atoms with Gasteiger partial charge < -0.3 is 5.32 Å². The number of nitrogens with one attached hydrogen (secondary N) is 1. The van der Waals surface area contributed by atoms with Gasteiger partial charge in [0.25, 0.3) is 0 Å². The van der Waals surface area contributed by atoms with Gasteiger partial charge in [-0.25, -0.2) is 9.37 Å². The molecule has 0 aliphatic heterocycles. The van der Waals surface area contributed by atoms with Crippen LogP contribution >= 0.6 is 11.3 Å². The van der Waals surface area contributed by atoms with Crippen LogP contribution in [0.25, 0.3) is 31.1 Å². The van der Waals surface area contributed by atoms with Crippen LogP contribution in [-0.4, -0.2) is 4.98 Å². The van der Waals surface area contributed by atoms with Gasteiger partial charge in [-0.15, -0.1) is 11.3 Å². The molecule has 0 atom stereocenters. The Balaban J connectivity index is 1.82. The molecule has 0 amide bonds. The van der Waals surface area contributed by atoms with Crippen LogP contribution in [0.3, 0.4) is 0 Å². The van der Waals surface area contributed by atoms with E-state index in [4.69, 9.17) is 4.98 Å². The zero-order valence-corrected chi connectivity index (χ0v) is 15.6. The van der Waals surface area contributed by atoms with Crippen molar-refractivity contribution >= 4 is 48.2 Å². The van der Waals surface area contributed by atoms with E-state index in [9.17, 15) is 9.18 Å². The molecule has 2 aromatic heterocycles. The van der Waals surface area contributed by atoms with Crippen LogP contribution in [0.4, 0.5) is 10.2 Å². The van der Waals surface area contributed by atoms with Crippen molar-refractivity contribution in [1.82, 2.24) is 4.98 Å². The van der Waals surface area contributed by atoms with E-state index < -0.39 is 0 Å². The Morgan fingerprint density at radius 3 is 2.46 bits per heavy atom. The second kappa shape index (κ2) is 6.69. The molecular formula is C23H15FN2OS. The van der Waals surface area contributed by atoms with Gasteiger partial charge in [0.2, 0.25) is 0 Å². The van der Waals surface area contributed by atoms with Gasteiger partial charge in [-0.2, -0.15) is 0 Å². The minimum absolute atomic E-state index is 0.162. The van der Waals surface area contributed by atoms with Crippen molar-refractivity contribution in [3.05, 3.63) is 94.4 Å². The van der Waals surface area contributed by atoms with Crippen LogP contribution in [0.1, 0.15) is 5.56 Å². The maximum Gasteiger partial charge on any atom is 0.196 e. The summed E-state index contributed by atoms with van der Waals surface area (Å²) in [6, 6.07) is 22.2. The number of hydrogen-bond acceptors (Lipinski definition) is 4. The van der Waals surface area contributed by atoms with Gasteiger partial charge in [-0.1, -0.05) is 54.6 Å². The molecule has 0 unspecified atom stereocenters. The molecule has 5 rings (SSSR count). The summed E-state index contributed by atoms with van der Waals surface area (Å²) in [5, 5.41) is 5.13. The molecule has 0 bridgehead atoms. The van der Waals surface area contributed by atoms with Crippen molar-refractivity contribution in [2.75, 3.05) is 5.32 Å². The van der Waals surface area contributed by atoms with E-state index in [0.29, 0.717) is 32.5 Å². The Hall–Kier alpha value is -3.31. The second-order valence-electron chi connectivity index (χ2n) is 6.57. The third-order valence-electron chi connectivity index (χ3n) is 4.79. The maximum absolute atomic E-state index is 14.4. The molecule has 5 heteroatoms. The van der Waals surface area contributed by atoms with Crippen LogP contribution in [0.2, 0.25) is 0 Å². The van der Waals surface area contributed by atoms with E-state index in [1.54, 1.807) is 12.1 Å². The van der Waals surface area contributed by atoms with E-state index in [1.807, 2.05) is 54.6 Å². The zero-order valence-electron chi connectivity index (χ0n) is 14.8. The predicted octanol–water partition coefficient (Wildman–Crippen LogP) is 5.71. The van der Waals surface area contributed by atoms with E-state index in [-0.39, 0.29) is 11.2 Å². The van der Waals surface area contributed by atoms with Crippen LogP contribution < -0.4 is 10.7 Å². The monoisotopic (exact) mass is 386 g/mol. The minimum atomic E-state index is -0.385. The molecule has 0 fully saturated rings. The van der Waals surface area contributed by atoms with Crippen LogP contribution in [0, 0.1) is 5.82 Å². The molecule has 5 aromatic rings. The van der Waals surface area contributed by atoms with Crippen molar-refractivity contribution in [3.63, 3.8) is 0 Å². The Labute approximate surface area is 164 Å². The average Bonchev–Trinajstić information content (AvgIpc) is 2.73. The third-order valence-corrected chi connectivity index (χ3v) is 6.01. The maximum atomic E-state index is 14.4. The minimum Gasteiger partial charge on any atom is -0.365 e. The van der Waals surface area contributed by atoms with Crippen LogP contribution in [0.5, 0.6) is 0 Å². The molecule has 3 aromatic carbocycles. The summed E-state index contributed by atoms with van der Waals surface area (Å²) < 4.78 is 15.5. The quantitative estimate of drug-likeness (QED) is 0.319. The lowest BCUT2D eigenvalue weighted by Gasteiger charge is -2.12. The molecule has 2 heterocycles. The van der Waals surface area contributed by atoms with Gasteiger partial charge in [0, 0.05) is 17.3 Å². The first-order valence-corrected chi connectivity index (χ1v) is 9.75. The summed E-state index contributed by atoms with van der Waals surface area (Å²) >= 11 is 1.27. The normalized spacial score (nSPS) is 11.3. The van der Waals surface area contributed by atoms with Crippen LogP contribution in [0.15, 0.2) is 77.6 Å². The summed E-state index contributed by atoms with van der Waals surface area (Å²) in [5.41, 5.74) is 1.68. The first-order valence-electron chi connectivity index (χ1n) is 8.94. The first-order chi connectivity index (χ1) is 13.7. The fourth-order valence-corrected chi connectivity index (χ4v) is 4.61. The Morgan fingerprint density at radius 1 is 0.857 bits per heavy atom. The Morgan fingerprint density at radius 2 is 1.61 bits per heavy atom. The number of aromatic nitrogens is 1. The molecule has 28 heavy (non-hydrogen) atoms. The number of nitrogens with zero attached hydrogens (tertiary/aromatic N) is 1. The highest BCUT2D eigenvalue weighted by Crippen LogP contribution is 2.34. The predicted molar refractivity (Wildman–Crippen MR) is 115 cm³/mol. The van der Waals surface area contributed by atoms with Crippen LogP contribution in [-0.2, 0) is 6.54 Å². The summed E-state index contributed by atoms with van der Waals surface area (Å²) in [5.74, 6) is 0.216. The smallest absolute Gasteiger partial charge is 0.196 e. The van der Waals surface area contributed by atoms with E-state index in [0.717, 1.165) is 16.5 Å². The number of benzene rings is 3. The summed E-state index contributed by atoms with van der Waals surface area (Å²) in [6.07, 6.45) is 0. The van der Waals surface area contributed by atoms with Gasteiger partial charge >= 0.3 is 0 Å². The van der Waals surface area contributed by atoms with Gasteiger partial charge in [-0.3, -0.25) is 4.79 Å². The fraction of sp³-hybridized carbons (Fsp3) is 0.0435. The van der Waals surface area contributed by atoms with Gasteiger partial charge in [-0.05, 0) is 23.8 Å². The van der Waals surface area contributed by atoms with Crippen molar-refractivity contribution in [3.8, 4) is 0 Å². The second-order valence-corrected chi connectivity index (χ2v) is 7.59. The number of halogens is 1. The molecule has 0 spiro atoms. The molecule has 1 N–H and O–H groups in total. The standard InChI is InChI=1S/C23H15FN2OS/c24-17-11-6-10-16-20(27)19-15-9-4-5-12-18(15)26-23(22(19)28-21(16)17)25-13-14-7-2-1-3-8-14/h1-12H,13H2,(H,25,26). The van der Waals surface area contributed by atoms with E-state index in [1.165, 1.54) is 17.4 Å². The molecule has 0 saturated heterocycles. The van der Waals surface area contributed by atoms with Crippen molar-refractivity contribution in [2.24, 2.45) is 0 Å². The zero-order chi connectivity index (χ0) is 19.1. The number of fused-ring (bicyclic) bond motifs is 4. The molecule has 0 aliphatic carbocycles. The van der Waals surface area contributed by atoms with E-state index in [2.05, 4.69) is 5.32 Å². The first kappa shape index (κ1) is 16.8. The highest BCUT2D eigenvalue weighted by molar-refractivity contribution is 7.25. The highest BCUT2D eigenvalue weighted by Gasteiger charge is 2.16. The fourth-order valence-electron chi connectivity index (χ4n) is 3.45. The van der Waals surface area contributed by atoms with Gasteiger partial charge in [0.15, 0.2) is 5.43 Å². The molecule has 3 nitrogen and oxygen atoms in total. The molecule has 136 valence electrons. The largest absolute Gasteiger partial charge is 0.365 e. The van der Waals surface area contributed by atoms with Gasteiger partial charge in [0.05, 0.1) is 20.3 Å². The molecule has 0 radical (unpaired) electrons. The molecule has 0 aliphatic rings. The van der Waals surface area contributed by atoms with Gasteiger partial charge in [0.1, 0.15) is 11.6 Å². The van der Waals surface area contributed by atoms with Crippen molar-refractivity contribution in [1.29, 1.82) is 0 Å². The topological polar surface area (TPSA) is 42.0 Å². The lowest BCUT2D eigenvalue weighted by molar-refractivity contribution is 0.641. The molecular weight excluding hydrogens is 371 g/mol. The van der Waals surface area contributed by atoms with Crippen molar-refractivity contribution < 1.29 is 4.39 Å². The number of rotatable bonds is 3. The number of hydrogen-bond donors (Lipinski definition) is 1. The Kier molecular flexibility index (Phi) is 4.02. The number of pyridine rings is 1. The lowest BCUT2D eigenvalue weighted by Crippen LogP contribution is -2.07. The number of para-hydroxylation sites is 1. The summed E-state index contributed by atoms with van der Waals surface area (Å²) in [6.45, 7) is 0.567. The summed E-state index contributed by atoms with van der Waals surface area (Å²) in [4.78, 5) is 18.0. The van der Waals surface area contributed by atoms with Crippen molar-refractivity contribution in [2.45, 2.75) is 6.54 Å². The third kappa shape index (κ3) is 2.72. The average molecular weight is 386 g/mol. The SMILES string of the molecule is O=c1c2cccc(F)c2sc2c(NCc3ccccc3)nc3ccccc3c12. The number of anilines is 1. The summed E-state index contributed by atoms with van der Waals surface area (Å²) in [7, 11) is 0. The van der Waals surface area contributed by atoms with E-state index >= 15 is 0 Å². The lowest BCUT2D eigenvalue weighted by atomic mass is 10.1. The highest BCUT2D eigenvalue weighted by atomic mass is 32.1. The Bertz CT molecular complexity index is 1400.